The standard InChI is InChI=1S/C12H14N2O2/c1-8(12(15)16)6-7-11-13-9-4-2-3-5-10(9)14-11/h2-5,8H,6-7H2,1H3,(H,13,14)(H,15,16). The Labute approximate surface area is 93.3 Å². The molecule has 4 nitrogen and oxygen atoms in total. The average Bonchev–Trinajstić information content (AvgIpc) is 2.68. The highest BCUT2D eigenvalue weighted by molar-refractivity contribution is 5.74. The van der Waals surface area contributed by atoms with E-state index >= 15 is 0 Å². The average molecular weight is 218 g/mol. The number of nitrogens with zero attached hydrogens (tertiary/aromatic N) is 1. The van der Waals surface area contributed by atoms with Crippen LogP contribution in [0.5, 0.6) is 0 Å². The summed E-state index contributed by atoms with van der Waals surface area (Å²) in [6.45, 7) is 1.71. The number of H-pyrrole nitrogens is 1. The van der Waals surface area contributed by atoms with Crippen LogP contribution in [0.25, 0.3) is 11.0 Å². The molecule has 1 atom stereocenters. The Balaban J connectivity index is 2.07. The number of carbonyl (C=O) groups is 1. The quantitative estimate of drug-likeness (QED) is 0.826. The third kappa shape index (κ3) is 2.21. The molecule has 1 unspecified atom stereocenters. The van der Waals surface area contributed by atoms with Crippen molar-refractivity contribution < 1.29 is 9.90 Å². The number of aryl methyl sites for hydroxylation is 1. The number of rotatable bonds is 4. The van der Waals surface area contributed by atoms with Gasteiger partial charge in [-0.1, -0.05) is 19.1 Å². The lowest BCUT2D eigenvalue weighted by Gasteiger charge is -2.02. The van der Waals surface area contributed by atoms with Gasteiger partial charge in [-0.2, -0.15) is 0 Å². The third-order valence-corrected chi connectivity index (χ3v) is 2.67. The van der Waals surface area contributed by atoms with Crippen LogP contribution in [0.15, 0.2) is 24.3 Å². The normalized spacial score (nSPS) is 12.8. The Kier molecular flexibility index (Phi) is 2.90. The van der Waals surface area contributed by atoms with Gasteiger partial charge in [-0.25, -0.2) is 4.98 Å². The minimum Gasteiger partial charge on any atom is -0.481 e. The first-order chi connectivity index (χ1) is 7.66. The largest absolute Gasteiger partial charge is 0.481 e. The maximum atomic E-state index is 10.7. The van der Waals surface area contributed by atoms with E-state index in [9.17, 15) is 4.79 Å². The first-order valence-electron chi connectivity index (χ1n) is 5.33. The molecule has 0 fully saturated rings. The number of hydrogen-bond acceptors (Lipinski definition) is 2. The van der Waals surface area contributed by atoms with Crippen molar-refractivity contribution >= 4 is 17.0 Å². The van der Waals surface area contributed by atoms with E-state index in [4.69, 9.17) is 5.11 Å². The van der Waals surface area contributed by atoms with E-state index in [1.807, 2.05) is 24.3 Å². The Hall–Kier alpha value is -1.84. The number of hydrogen-bond donors (Lipinski definition) is 2. The van der Waals surface area contributed by atoms with Crippen molar-refractivity contribution in [1.82, 2.24) is 9.97 Å². The van der Waals surface area contributed by atoms with Gasteiger partial charge in [0.1, 0.15) is 5.82 Å². The summed E-state index contributed by atoms with van der Waals surface area (Å²) in [6.07, 6.45) is 1.28. The number of carboxylic acids is 1. The molecular weight excluding hydrogens is 204 g/mol. The van der Waals surface area contributed by atoms with E-state index < -0.39 is 5.97 Å². The van der Waals surface area contributed by atoms with Gasteiger partial charge in [0, 0.05) is 6.42 Å². The van der Waals surface area contributed by atoms with Crippen LogP contribution < -0.4 is 0 Å². The van der Waals surface area contributed by atoms with Gasteiger partial charge < -0.3 is 10.1 Å². The number of fused-ring (bicyclic) bond motifs is 1. The highest BCUT2D eigenvalue weighted by atomic mass is 16.4. The second kappa shape index (κ2) is 4.35. The fraction of sp³-hybridized carbons (Fsp3) is 0.333. The second-order valence-corrected chi connectivity index (χ2v) is 3.98. The van der Waals surface area contributed by atoms with E-state index in [1.54, 1.807) is 6.92 Å². The zero-order chi connectivity index (χ0) is 11.5. The number of aromatic nitrogens is 2. The number of benzene rings is 1. The lowest BCUT2D eigenvalue weighted by molar-refractivity contribution is -0.141. The van der Waals surface area contributed by atoms with Crippen LogP contribution in [-0.4, -0.2) is 21.0 Å². The van der Waals surface area contributed by atoms with E-state index in [1.165, 1.54) is 0 Å². The highest BCUT2D eigenvalue weighted by Crippen LogP contribution is 2.13. The van der Waals surface area contributed by atoms with E-state index in [0.717, 1.165) is 16.9 Å². The second-order valence-electron chi connectivity index (χ2n) is 3.98. The van der Waals surface area contributed by atoms with Crippen LogP contribution in [0, 0.1) is 5.92 Å². The van der Waals surface area contributed by atoms with Gasteiger partial charge in [0.2, 0.25) is 0 Å². The Morgan fingerprint density at radius 1 is 1.50 bits per heavy atom. The SMILES string of the molecule is CC(CCc1nc2ccccc2[nH]1)C(=O)O. The molecule has 0 saturated carbocycles. The fourth-order valence-electron chi connectivity index (χ4n) is 1.60. The summed E-state index contributed by atoms with van der Waals surface area (Å²) in [6, 6.07) is 7.79. The first kappa shape index (κ1) is 10.7. The van der Waals surface area contributed by atoms with Gasteiger partial charge >= 0.3 is 5.97 Å². The molecule has 84 valence electrons. The van der Waals surface area contributed by atoms with E-state index in [0.29, 0.717) is 12.8 Å². The van der Waals surface area contributed by atoms with Gasteiger partial charge in [-0.05, 0) is 18.6 Å². The molecule has 0 amide bonds. The van der Waals surface area contributed by atoms with Crippen molar-refractivity contribution in [3.8, 4) is 0 Å². The highest BCUT2D eigenvalue weighted by Gasteiger charge is 2.11. The van der Waals surface area contributed by atoms with Crippen LogP contribution in [0.1, 0.15) is 19.2 Å². The van der Waals surface area contributed by atoms with Gasteiger partial charge in [0.25, 0.3) is 0 Å². The maximum Gasteiger partial charge on any atom is 0.306 e. The summed E-state index contributed by atoms with van der Waals surface area (Å²) in [7, 11) is 0. The summed E-state index contributed by atoms with van der Waals surface area (Å²) >= 11 is 0. The molecule has 16 heavy (non-hydrogen) atoms. The number of aliphatic carboxylic acids is 1. The van der Waals surface area contributed by atoms with Gasteiger partial charge in [0.05, 0.1) is 17.0 Å². The molecule has 0 aliphatic heterocycles. The minimum atomic E-state index is -0.754. The van der Waals surface area contributed by atoms with Crippen LogP contribution in [0.4, 0.5) is 0 Å². The number of aromatic amines is 1. The third-order valence-electron chi connectivity index (χ3n) is 2.67. The van der Waals surface area contributed by atoms with Gasteiger partial charge in [0.15, 0.2) is 0 Å². The van der Waals surface area contributed by atoms with Crippen molar-refractivity contribution in [2.75, 3.05) is 0 Å². The Morgan fingerprint density at radius 2 is 2.25 bits per heavy atom. The van der Waals surface area contributed by atoms with Crippen molar-refractivity contribution in [1.29, 1.82) is 0 Å². The molecule has 0 radical (unpaired) electrons. The molecule has 0 aliphatic carbocycles. The molecule has 2 rings (SSSR count). The lowest BCUT2D eigenvalue weighted by atomic mass is 10.1. The van der Waals surface area contributed by atoms with Crippen molar-refractivity contribution in [3.05, 3.63) is 30.1 Å². The molecule has 0 spiro atoms. The van der Waals surface area contributed by atoms with Crippen molar-refractivity contribution in [2.24, 2.45) is 5.92 Å². The summed E-state index contributed by atoms with van der Waals surface area (Å²) in [5, 5.41) is 8.77. The van der Waals surface area contributed by atoms with Gasteiger partial charge in [-0.3, -0.25) is 4.79 Å². The molecule has 1 aromatic carbocycles. The number of imidazole rings is 1. The minimum absolute atomic E-state index is 0.326. The fourth-order valence-corrected chi connectivity index (χ4v) is 1.60. The van der Waals surface area contributed by atoms with E-state index in [-0.39, 0.29) is 5.92 Å². The van der Waals surface area contributed by atoms with Crippen LogP contribution in [0.3, 0.4) is 0 Å². The summed E-state index contributed by atoms with van der Waals surface area (Å²) in [5.41, 5.74) is 1.93. The predicted molar refractivity (Wildman–Crippen MR) is 61.2 cm³/mol. The zero-order valence-corrected chi connectivity index (χ0v) is 9.10. The molecule has 0 aliphatic rings. The number of nitrogens with one attached hydrogen (secondary N) is 1. The first-order valence-corrected chi connectivity index (χ1v) is 5.33. The van der Waals surface area contributed by atoms with Crippen LogP contribution >= 0.6 is 0 Å². The molecule has 2 N–H and O–H groups in total. The van der Waals surface area contributed by atoms with Crippen LogP contribution in [-0.2, 0) is 11.2 Å². The molecular formula is C12H14N2O2. The van der Waals surface area contributed by atoms with Crippen molar-refractivity contribution in [2.45, 2.75) is 19.8 Å². The Morgan fingerprint density at radius 3 is 2.94 bits per heavy atom. The molecule has 0 saturated heterocycles. The number of para-hydroxylation sites is 2. The van der Waals surface area contributed by atoms with Gasteiger partial charge in [-0.15, -0.1) is 0 Å². The van der Waals surface area contributed by atoms with E-state index in [2.05, 4.69) is 9.97 Å². The lowest BCUT2D eigenvalue weighted by Crippen LogP contribution is -2.10. The summed E-state index contributed by atoms with van der Waals surface area (Å²) in [4.78, 5) is 18.2. The van der Waals surface area contributed by atoms with Crippen LogP contribution in [0.2, 0.25) is 0 Å². The maximum absolute atomic E-state index is 10.7. The summed E-state index contributed by atoms with van der Waals surface area (Å²) < 4.78 is 0. The summed E-state index contributed by atoms with van der Waals surface area (Å²) in [5.74, 6) is -0.223. The predicted octanol–water partition coefficient (Wildman–Crippen LogP) is 2.22. The monoisotopic (exact) mass is 218 g/mol. The topological polar surface area (TPSA) is 66.0 Å². The zero-order valence-electron chi connectivity index (χ0n) is 9.10. The molecule has 4 heteroatoms. The molecule has 1 heterocycles. The Bertz CT molecular complexity index is 471. The molecule has 0 bridgehead atoms. The smallest absolute Gasteiger partial charge is 0.306 e. The molecule has 2 aromatic rings. The van der Waals surface area contributed by atoms with Crippen molar-refractivity contribution in [3.63, 3.8) is 0 Å². The molecule has 1 aromatic heterocycles. The number of carboxylic acid groups (broad SMARTS) is 1.